The molecule has 0 fully saturated rings. The summed E-state index contributed by atoms with van der Waals surface area (Å²) < 4.78 is 0. The van der Waals surface area contributed by atoms with Gasteiger partial charge < -0.3 is 9.80 Å². The van der Waals surface area contributed by atoms with E-state index in [9.17, 15) is 9.59 Å². The second-order valence-electron chi connectivity index (χ2n) is 9.50. The van der Waals surface area contributed by atoms with Gasteiger partial charge in [0, 0.05) is 24.4 Å². The molecule has 0 N–H and O–H groups in total. The molecule has 1 aromatic heterocycles. The highest BCUT2D eigenvalue weighted by atomic mass is 32.1. The zero-order valence-corrected chi connectivity index (χ0v) is 19.7. The van der Waals surface area contributed by atoms with Gasteiger partial charge in [0.05, 0.1) is 12.6 Å². The molecule has 0 bridgehead atoms. The lowest BCUT2D eigenvalue weighted by molar-refractivity contribution is -0.142. The van der Waals surface area contributed by atoms with Crippen LogP contribution in [0.4, 0.5) is 0 Å². The van der Waals surface area contributed by atoms with Gasteiger partial charge in [0.1, 0.15) is 0 Å². The quantitative estimate of drug-likeness (QED) is 0.636. The predicted molar refractivity (Wildman–Crippen MR) is 124 cm³/mol. The molecule has 0 spiro atoms. The molecular weight excluding hydrogens is 392 g/mol. The Morgan fingerprint density at radius 2 is 1.87 bits per heavy atom. The lowest BCUT2D eigenvalue weighted by Crippen LogP contribution is -2.47. The number of carbonyl (C=O) groups excluding carboxylic acids is 2. The van der Waals surface area contributed by atoms with Crippen LogP contribution in [0.3, 0.4) is 0 Å². The maximum Gasteiger partial charge on any atom is 0.242 e. The van der Waals surface area contributed by atoms with Gasteiger partial charge >= 0.3 is 0 Å². The molecule has 30 heavy (non-hydrogen) atoms. The number of amides is 2. The Hall–Kier alpha value is -2.14. The molecule has 2 aromatic rings. The SMILES string of the molecule is CCCN(CC(=O)N1CCc2sccc2[C@H]1c1ccc(C)cc1)C(=O)CC(C)(C)C. The van der Waals surface area contributed by atoms with Crippen molar-refractivity contribution in [3.8, 4) is 0 Å². The summed E-state index contributed by atoms with van der Waals surface area (Å²) in [4.78, 5) is 31.4. The summed E-state index contributed by atoms with van der Waals surface area (Å²) in [5, 5.41) is 2.12. The molecule has 1 aliphatic heterocycles. The molecule has 0 radical (unpaired) electrons. The Labute approximate surface area is 184 Å². The van der Waals surface area contributed by atoms with E-state index in [-0.39, 0.29) is 29.8 Å². The van der Waals surface area contributed by atoms with E-state index in [2.05, 4.69) is 70.3 Å². The Morgan fingerprint density at radius 1 is 1.17 bits per heavy atom. The molecule has 0 saturated carbocycles. The zero-order valence-electron chi connectivity index (χ0n) is 18.9. The van der Waals surface area contributed by atoms with Crippen molar-refractivity contribution < 1.29 is 9.59 Å². The van der Waals surface area contributed by atoms with E-state index in [0.717, 1.165) is 18.4 Å². The largest absolute Gasteiger partial charge is 0.333 e. The monoisotopic (exact) mass is 426 g/mol. The molecule has 1 atom stereocenters. The molecule has 4 nitrogen and oxygen atoms in total. The van der Waals surface area contributed by atoms with E-state index in [4.69, 9.17) is 0 Å². The van der Waals surface area contributed by atoms with Crippen molar-refractivity contribution in [2.24, 2.45) is 5.41 Å². The summed E-state index contributed by atoms with van der Waals surface area (Å²) in [5.74, 6) is 0.103. The summed E-state index contributed by atoms with van der Waals surface area (Å²) in [6.45, 7) is 11.8. The van der Waals surface area contributed by atoms with E-state index in [0.29, 0.717) is 19.5 Å². The van der Waals surface area contributed by atoms with Gasteiger partial charge in [0.15, 0.2) is 0 Å². The number of thiophene rings is 1. The molecule has 0 unspecified atom stereocenters. The second-order valence-corrected chi connectivity index (χ2v) is 10.5. The standard InChI is InChI=1S/C25H34N2O2S/c1-6-13-26(22(28)16-25(3,4)5)17-23(29)27-14-11-21-20(12-15-30-21)24(27)19-9-7-18(2)8-10-19/h7-10,12,15,24H,6,11,13-14,16-17H2,1-5H3/t24-/m1/s1. The molecule has 1 aliphatic rings. The third-order valence-electron chi connectivity index (χ3n) is 5.53. The lowest BCUT2D eigenvalue weighted by Gasteiger charge is -2.38. The molecular formula is C25H34N2O2S. The van der Waals surface area contributed by atoms with Crippen molar-refractivity contribution in [2.45, 2.75) is 59.9 Å². The van der Waals surface area contributed by atoms with Crippen molar-refractivity contribution in [1.82, 2.24) is 9.80 Å². The van der Waals surface area contributed by atoms with Crippen LogP contribution in [0.5, 0.6) is 0 Å². The predicted octanol–water partition coefficient (Wildman–Crippen LogP) is 5.21. The van der Waals surface area contributed by atoms with Crippen LogP contribution in [-0.4, -0.2) is 41.2 Å². The molecule has 0 saturated heterocycles. The van der Waals surface area contributed by atoms with E-state index >= 15 is 0 Å². The smallest absolute Gasteiger partial charge is 0.242 e. The molecule has 2 amide bonds. The third-order valence-corrected chi connectivity index (χ3v) is 6.53. The van der Waals surface area contributed by atoms with E-state index < -0.39 is 0 Å². The van der Waals surface area contributed by atoms with Crippen molar-refractivity contribution >= 4 is 23.2 Å². The van der Waals surface area contributed by atoms with Crippen molar-refractivity contribution in [3.63, 3.8) is 0 Å². The van der Waals surface area contributed by atoms with Gasteiger partial charge in [-0.05, 0) is 47.8 Å². The molecule has 3 rings (SSSR count). The van der Waals surface area contributed by atoms with Crippen LogP contribution in [0.1, 0.15) is 68.1 Å². The molecule has 5 heteroatoms. The van der Waals surface area contributed by atoms with Gasteiger partial charge in [-0.2, -0.15) is 0 Å². The lowest BCUT2D eigenvalue weighted by atomic mass is 9.91. The van der Waals surface area contributed by atoms with Crippen molar-refractivity contribution in [1.29, 1.82) is 0 Å². The van der Waals surface area contributed by atoms with Crippen LogP contribution in [0.15, 0.2) is 35.7 Å². The number of nitrogens with zero attached hydrogens (tertiary/aromatic N) is 2. The first-order chi connectivity index (χ1) is 14.2. The Balaban J connectivity index is 1.85. The summed E-state index contributed by atoms with van der Waals surface area (Å²) in [7, 11) is 0. The number of fused-ring (bicyclic) bond motifs is 1. The van der Waals surface area contributed by atoms with Gasteiger partial charge in [-0.15, -0.1) is 11.3 Å². The fourth-order valence-corrected chi connectivity index (χ4v) is 4.98. The van der Waals surface area contributed by atoms with Gasteiger partial charge in [-0.3, -0.25) is 9.59 Å². The first-order valence-corrected chi connectivity index (χ1v) is 11.8. The van der Waals surface area contributed by atoms with Crippen LogP contribution in [-0.2, 0) is 16.0 Å². The second kappa shape index (κ2) is 9.34. The number of hydrogen-bond acceptors (Lipinski definition) is 3. The number of carbonyl (C=O) groups is 2. The Bertz CT molecular complexity index is 879. The number of benzene rings is 1. The van der Waals surface area contributed by atoms with Crippen LogP contribution in [0, 0.1) is 12.3 Å². The topological polar surface area (TPSA) is 40.6 Å². The first-order valence-electron chi connectivity index (χ1n) is 10.9. The Kier molecular flexibility index (Phi) is 7.02. The highest BCUT2D eigenvalue weighted by Crippen LogP contribution is 2.38. The highest BCUT2D eigenvalue weighted by Gasteiger charge is 2.34. The normalized spacial score (nSPS) is 16.3. The number of rotatable bonds is 6. The van der Waals surface area contributed by atoms with Gasteiger partial charge in [0.25, 0.3) is 0 Å². The van der Waals surface area contributed by atoms with E-state index in [1.54, 1.807) is 16.2 Å². The van der Waals surface area contributed by atoms with E-state index in [1.165, 1.54) is 16.0 Å². The average Bonchev–Trinajstić information content (AvgIpc) is 3.15. The summed E-state index contributed by atoms with van der Waals surface area (Å²) >= 11 is 1.77. The highest BCUT2D eigenvalue weighted by molar-refractivity contribution is 7.10. The molecule has 2 heterocycles. The third kappa shape index (κ3) is 5.31. The van der Waals surface area contributed by atoms with Crippen molar-refractivity contribution in [2.75, 3.05) is 19.6 Å². The van der Waals surface area contributed by atoms with Crippen LogP contribution in [0.25, 0.3) is 0 Å². The number of aryl methyl sites for hydroxylation is 1. The summed E-state index contributed by atoms with van der Waals surface area (Å²) in [6, 6.07) is 10.5. The van der Waals surface area contributed by atoms with Crippen LogP contribution < -0.4 is 0 Å². The minimum Gasteiger partial charge on any atom is -0.333 e. The number of hydrogen-bond donors (Lipinski definition) is 0. The fourth-order valence-electron chi connectivity index (χ4n) is 4.07. The minimum atomic E-state index is -0.0900. The van der Waals surface area contributed by atoms with Crippen molar-refractivity contribution in [3.05, 3.63) is 57.3 Å². The van der Waals surface area contributed by atoms with Gasteiger partial charge in [0.2, 0.25) is 11.8 Å². The maximum absolute atomic E-state index is 13.5. The zero-order chi connectivity index (χ0) is 21.9. The summed E-state index contributed by atoms with van der Waals surface area (Å²) in [5.41, 5.74) is 3.48. The molecule has 0 aliphatic carbocycles. The van der Waals surface area contributed by atoms with Crippen LogP contribution >= 0.6 is 11.3 Å². The maximum atomic E-state index is 13.5. The minimum absolute atomic E-state index is 0.0353. The molecule has 162 valence electrons. The molecule has 1 aromatic carbocycles. The average molecular weight is 427 g/mol. The summed E-state index contributed by atoms with van der Waals surface area (Å²) in [6.07, 6.45) is 2.18. The first kappa shape index (κ1) is 22.5. The van der Waals surface area contributed by atoms with Gasteiger partial charge in [-0.1, -0.05) is 57.5 Å². The Morgan fingerprint density at radius 3 is 2.50 bits per heavy atom. The van der Waals surface area contributed by atoms with E-state index in [1.807, 2.05) is 4.90 Å². The fraction of sp³-hybridized carbons (Fsp3) is 0.520. The van der Waals surface area contributed by atoms with Gasteiger partial charge in [-0.25, -0.2) is 0 Å². The van der Waals surface area contributed by atoms with Crippen LogP contribution in [0.2, 0.25) is 0 Å².